The van der Waals surface area contributed by atoms with Crippen molar-refractivity contribution in [3.05, 3.63) is 40.7 Å². The number of hydrogen-bond acceptors (Lipinski definition) is 3. The molecule has 0 aliphatic heterocycles. The zero-order chi connectivity index (χ0) is 12.4. The molecule has 0 fully saturated rings. The second-order valence-corrected chi connectivity index (χ2v) is 4.03. The second-order valence-electron chi connectivity index (χ2n) is 4.03. The van der Waals surface area contributed by atoms with Crippen LogP contribution in [0, 0.1) is 20.8 Å². The summed E-state index contributed by atoms with van der Waals surface area (Å²) in [5, 5.41) is 12.9. The predicted octanol–water partition coefficient (Wildman–Crippen LogP) is 1.98. The standard InChI is InChI=1S/C12H14N4O/c1-7-4-5-10(8(2)6-7)13-12(17)11-9(3)14-16-15-11/h4-6H,1-3H3,(H,13,17)(H,14,15,16). The van der Waals surface area contributed by atoms with Gasteiger partial charge in [0.15, 0.2) is 5.69 Å². The number of carbonyl (C=O) groups is 1. The molecule has 0 unspecified atom stereocenters. The average molecular weight is 230 g/mol. The van der Waals surface area contributed by atoms with Crippen molar-refractivity contribution in [2.24, 2.45) is 0 Å². The largest absolute Gasteiger partial charge is 0.320 e. The SMILES string of the molecule is Cc1ccc(NC(=O)c2n[nH]nc2C)c(C)c1. The number of aromatic amines is 1. The fourth-order valence-electron chi connectivity index (χ4n) is 1.63. The first-order valence-electron chi connectivity index (χ1n) is 5.34. The highest BCUT2D eigenvalue weighted by atomic mass is 16.2. The number of amides is 1. The quantitative estimate of drug-likeness (QED) is 0.828. The van der Waals surface area contributed by atoms with Crippen LogP contribution in [0.4, 0.5) is 5.69 Å². The van der Waals surface area contributed by atoms with Gasteiger partial charge in [-0.1, -0.05) is 17.7 Å². The molecule has 1 aromatic carbocycles. The Morgan fingerprint density at radius 3 is 2.59 bits per heavy atom. The third-order valence-corrected chi connectivity index (χ3v) is 2.57. The van der Waals surface area contributed by atoms with Crippen molar-refractivity contribution in [1.29, 1.82) is 0 Å². The van der Waals surface area contributed by atoms with E-state index in [1.807, 2.05) is 32.0 Å². The molecule has 2 N–H and O–H groups in total. The van der Waals surface area contributed by atoms with Crippen LogP contribution in [0.3, 0.4) is 0 Å². The molecular formula is C12H14N4O. The van der Waals surface area contributed by atoms with E-state index in [1.165, 1.54) is 0 Å². The molecule has 1 heterocycles. The van der Waals surface area contributed by atoms with Crippen molar-refractivity contribution in [2.75, 3.05) is 5.32 Å². The van der Waals surface area contributed by atoms with Crippen molar-refractivity contribution in [2.45, 2.75) is 20.8 Å². The first kappa shape index (κ1) is 11.3. The number of carbonyl (C=O) groups excluding carboxylic acids is 1. The van der Waals surface area contributed by atoms with E-state index in [2.05, 4.69) is 20.7 Å². The molecule has 2 rings (SSSR count). The number of aromatic nitrogens is 3. The van der Waals surface area contributed by atoms with E-state index in [0.717, 1.165) is 16.8 Å². The lowest BCUT2D eigenvalue weighted by atomic mass is 10.1. The summed E-state index contributed by atoms with van der Waals surface area (Å²) in [6, 6.07) is 5.86. The molecule has 0 saturated carbocycles. The number of rotatable bonds is 2. The Kier molecular flexibility index (Phi) is 2.91. The predicted molar refractivity (Wildman–Crippen MR) is 65.0 cm³/mol. The second kappa shape index (κ2) is 4.37. The van der Waals surface area contributed by atoms with Crippen LogP contribution in [0.2, 0.25) is 0 Å². The maximum atomic E-state index is 11.9. The van der Waals surface area contributed by atoms with Gasteiger partial charge in [0.05, 0.1) is 5.69 Å². The number of aryl methyl sites for hydroxylation is 3. The molecule has 0 radical (unpaired) electrons. The minimum Gasteiger partial charge on any atom is -0.320 e. The lowest BCUT2D eigenvalue weighted by molar-refractivity contribution is 0.102. The van der Waals surface area contributed by atoms with E-state index >= 15 is 0 Å². The van der Waals surface area contributed by atoms with Crippen molar-refractivity contribution in [3.63, 3.8) is 0 Å². The molecule has 0 aliphatic carbocycles. The van der Waals surface area contributed by atoms with Gasteiger partial charge in [-0.05, 0) is 32.4 Å². The average Bonchev–Trinajstić information content (AvgIpc) is 2.68. The summed E-state index contributed by atoms with van der Waals surface area (Å²) >= 11 is 0. The van der Waals surface area contributed by atoms with Crippen LogP contribution in [-0.4, -0.2) is 21.3 Å². The van der Waals surface area contributed by atoms with Gasteiger partial charge in [-0.15, -0.1) is 0 Å². The first-order chi connectivity index (χ1) is 8.08. The van der Waals surface area contributed by atoms with E-state index in [4.69, 9.17) is 0 Å². The first-order valence-corrected chi connectivity index (χ1v) is 5.34. The Morgan fingerprint density at radius 1 is 1.24 bits per heavy atom. The molecule has 0 saturated heterocycles. The molecule has 1 aromatic heterocycles. The van der Waals surface area contributed by atoms with Crippen molar-refractivity contribution >= 4 is 11.6 Å². The summed E-state index contributed by atoms with van der Waals surface area (Å²) in [6.07, 6.45) is 0. The number of nitrogens with zero attached hydrogens (tertiary/aromatic N) is 2. The fourth-order valence-corrected chi connectivity index (χ4v) is 1.63. The number of H-pyrrole nitrogens is 1. The summed E-state index contributed by atoms with van der Waals surface area (Å²) < 4.78 is 0. The van der Waals surface area contributed by atoms with Crippen LogP contribution < -0.4 is 5.32 Å². The highest BCUT2D eigenvalue weighted by molar-refractivity contribution is 6.03. The molecule has 0 aliphatic rings. The van der Waals surface area contributed by atoms with Gasteiger partial charge in [0, 0.05) is 5.69 Å². The van der Waals surface area contributed by atoms with Gasteiger partial charge < -0.3 is 5.32 Å². The zero-order valence-electron chi connectivity index (χ0n) is 10.0. The summed E-state index contributed by atoms with van der Waals surface area (Å²) in [5.74, 6) is -0.247. The van der Waals surface area contributed by atoms with Crippen molar-refractivity contribution in [1.82, 2.24) is 15.4 Å². The smallest absolute Gasteiger partial charge is 0.278 e. The minimum atomic E-state index is -0.247. The van der Waals surface area contributed by atoms with Crippen LogP contribution in [0.15, 0.2) is 18.2 Å². The van der Waals surface area contributed by atoms with E-state index < -0.39 is 0 Å². The number of hydrogen-bond donors (Lipinski definition) is 2. The van der Waals surface area contributed by atoms with E-state index in [9.17, 15) is 4.79 Å². The molecule has 2 aromatic rings. The summed E-state index contributed by atoms with van der Waals surface area (Å²) in [4.78, 5) is 11.9. The molecular weight excluding hydrogens is 216 g/mol. The van der Waals surface area contributed by atoms with Crippen LogP contribution in [0.25, 0.3) is 0 Å². The summed E-state index contributed by atoms with van der Waals surface area (Å²) in [6.45, 7) is 5.71. The maximum Gasteiger partial charge on any atom is 0.278 e. The Hall–Kier alpha value is -2.17. The normalized spacial score (nSPS) is 10.3. The Balaban J connectivity index is 2.22. The maximum absolute atomic E-state index is 11.9. The Labute approximate surface area is 99.2 Å². The van der Waals surface area contributed by atoms with Gasteiger partial charge in [0.1, 0.15) is 0 Å². The molecule has 0 bridgehead atoms. The topological polar surface area (TPSA) is 70.7 Å². The van der Waals surface area contributed by atoms with Crippen LogP contribution in [-0.2, 0) is 0 Å². The lowest BCUT2D eigenvalue weighted by Gasteiger charge is -2.07. The summed E-state index contributed by atoms with van der Waals surface area (Å²) in [7, 11) is 0. The van der Waals surface area contributed by atoms with Gasteiger partial charge in [-0.2, -0.15) is 15.4 Å². The van der Waals surface area contributed by atoms with Crippen LogP contribution in [0.5, 0.6) is 0 Å². The van der Waals surface area contributed by atoms with Crippen LogP contribution in [0.1, 0.15) is 27.3 Å². The zero-order valence-corrected chi connectivity index (χ0v) is 10.0. The van der Waals surface area contributed by atoms with Gasteiger partial charge >= 0.3 is 0 Å². The molecule has 5 nitrogen and oxygen atoms in total. The molecule has 88 valence electrons. The van der Waals surface area contributed by atoms with Gasteiger partial charge in [-0.3, -0.25) is 4.79 Å². The molecule has 0 atom stereocenters. The minimum absolute atomic E-state index is 0.247. The van der Waals surface area contributed by atoms with Gasteiger partial charge in [-0.25, -0.2) is 0 Å². The van der Waals surface area contributed by atoms with Gasteiger partial charge in [0.25, 0.3) is 5.91 Å². The number of anilines is 1. The van der Waals surface area contributed by atoms with Crippen LogP contribution >= 0.6 is 0 Å². The van der Waals surface area contributed by atoms with Crippen molar-refractivity contribution in [3.8, 4) is 0 Å². The lowest BCUT2D eigenvalue weighted by Crippen LogP contribution is -2.14. The molecule has 1 amide bonds. The molecule has 5 heteroatoms. The fraction of sp³-hybridized carbons (Fsp3) is 0.250. The van der Waals surface area contributed by atoms with E-state index in [1.54, 1.807) is 6.92 Å². The van der Waals surface area contributed by atoms with Crippen molar-refractivity contribution < 1.29 is 4.79 Å². The summed E-state index contributed by atoms with van der Waals surface area (Å²) in [5.41, 5.74) is 3.90. The highest BCUT2D eigenvalue weighted by Gasteiger charge is 2.13. The Morgan fingerprint density at radius 2 is 2.00 bits per heavy atom. The highest BCUT2D eigenvalue weighted by Crippen LogP contribution is 2.16. The third kappa shape index (κ3) is 2.33. The van der Waals surface area contributed by atoms with Gasteiger partial charge in [0.2, 0.25) is 0 Å². The van der Waals surface area contributed by atoms with E-state index in [-0.39, 0.29) is 5.91 Å². The molecule has 17 heavy (non-hydrogen) atoms. The Bertz CT molecular complexity index is 559. The monoisotopic (exact) mass is 230 g/mol. The number of nitrogens with one attached hydrogen (secondary N) is 2. The molecule has 0 spiro atoms. The number of benzene rings is 1. The third-order valence-electron chi connectivity index (χ3n) is 2.57. The van der Waals surface area contributed by atoms with E-state index in [0.29, 0.717) is 11.4 Å².